The first-order valence-electron chi connectivity index (χ1n) is 13.0. The lowest BCUT2D eigenvalue weighted by molar-refractivity contribution is 0.304. The Kier molecular flexibility index (Phi) is 14.6. The second-order valence-electron chi connectivity index (χ2n) is 8.89. The summed E-state index contributed by atoms with van der Waals surface area (Å²) in [5, 5.41) is 0. The van der Waals surface area contributed by atoms with Gasteiger partial charge in [-0.1, -0.05) is 121 Å². The summed E-state index contributed by atoms with van der Waals surface area (Å²) in [6.45, 7) is 3.10. The Morgan fingerprint density at radius 1 is 0.613 bits per heavy atom. The zero-order valence-corrected chi connectivity index (χ0v) is 20.0. The van der Waals surface area contributed by atoms with Crippen molar-refractivity contribution in [3.05, 3.63) is 48.7 Å². The topological polar surface area (TPSA) is 22.1 Å². The molecule has 2 aromatic rings. The lowest BCUT2D eigenvalue weighted by Gasteiger charge is -2.08. The van der Waals surface area contributed by atoms with Crippen LogP contribution in [-0.2, 0) is 0 Å². The van der Waals surface area contributed by atoms with Gasteiger partial charge in [0, 0.05) is 11.8 Å². The number of pyridine rings is 1. The highest BCUT2D eigenvalue weighted by Gasteiger charge is 2.01. The second-order valence-corrected chi connectivity index (χ2v) is 8.89. The molecule has 0 unspecified atom stereocenters. The zero-order chi connectivity index (χ0) is 21.8. The molecule has 0 bridgehead atoms. The Morgan fingerprint density at radius 3 is 1.74 bits per heavy atom. The summed E-state index contributed by atoms with van der Waals surface area (Å²) in [7, 11) is 0. The van der Waals surface area contributed by atoms with E-state index in [1.807, 2.05) is 36.5 Å². The highest BCUT2D eigenvalue weighted by Crippen LogP contribution is 2.22. The first-order valence-corrected chi connectivity index (χ1v) is 13.0. The van der Waals surface area contributed by atoms with Crippen molar-refractivity contribution in [3.63, 3.8) is 0 Å². The number of rotatable bonds is 19. The molecule has 0 fully saturated rings. The molecule has 0 aliphatic rings. The predicted octanol–water partition coefficient (Wildman–Crippen LogP) is 9.39. The third kappa shape index (κ3) is 12.6. The molecule has 1 heterocycles. The highest BCUT2D eigenvalue weighted by molar-refractivity contribution is 5.60. The van der Waals surface area contributed by atoms with Crippen LogP contribution < -0.4 is 4.74 Å². The van der Waals surface area contributed by atoms with Crippen LogP contribution in [0, 0.1) is 0 Å². The van der Waals surface area contributed by atoms with E-state index >= 15 is 0 Å². The average molecular weight is 424 g/mol. The van der Waals surface area contributed by atoms with E-state index in [0.717, 1.165) is 30.0 Å². The van der Waals surface area contributed by atoms with E-state index in [1.165, 1.54) is 96.3 Å². The minimum atomic E-state index is 0.810. The van der Waals surface area contributed by atoms with Crippen LogP contribution in [0.15, 0.2) is 48.7 Å². The molecule has 0 radical (unpaired) electrons. The van der Waals surface area contributed by atoms with E-state index in [9.17, 15) is 0 Å². The van der Waals surface area contributed by atoms with Crippen LogP contribution in [0.2, 0.25) is 0 Å². The van der Waals surface area contributed by atoms with Crippen LogP contribution in [0.3, 0.4) is 0 Å². The average Bonchev–Trinajstić information content (AvgIpc) is 2.82. The van der Waals surface area contributed by atoms with Crippen LogP contribution in [0.5, 0.6) is 5.75 Å². The Hall–Kier alpha value is -1.83. The van der Waals surface area contributed by atoms with E-state index in [2.05, 4.69) is 24.0 Å². The number of nitrogens with zero attached hydrogens (tertiary/aromatic N) is 1. The van der Waals surface area contributed by atoms with Gasteiger partial charge in [-0.3, -0.25) is 4.98 Å². The first kappa shape index (κ1) is 25.4. The summed E-state index contributed by atoms with van der Waals surface area (Å²) in [5.41, 5.74) is 2.11. The van der Waals surface area contributed by atoms with Crippen molar-refractivity contribution < 1.29 is 4.74 Å². The Morgan fingerprint density at radius 2 is 1.19 bits per heavy atom. The quantitative estimate of drug-likeness (QED) is 0.210. The monoisotopic (exact) mass is 423 g/mol. The lowest BCUT2D eigenvalue weighted by Crippen LogP contribution is -1.97. The third-order valence-electron chi connectivity index (χ3n) is 6.06. The van der Waals surface area contributed by atoms with Crippen LogP contribution in [0.1, 0.15) is 110 Å². The van der Waals surface area contributed by atoms with E-state index < -0.39 is 0 Å². The second kappa shape index (κ2) is 17.8. The Labute approximate surface area is 191 Å². The Balaban J connectivity index is 1.37. The molecule has 0 aliphatic heterocycles. The molecule has 0 saturated carbocycles. The molecule has 0 atom stereocenters. The highest BCUT2D eigenvalue weighted by atomic mass is 16.5. The number of aromatic nitrogens is 1. The molecule has 1 aromatic heterocycles. The molecule has 0 amide bonds. The van der Waals surface area contributed by atoms with Crippen molar-refractivity contribution in [2.45, 2.75) is 110 Å². The van der Waals surface area contributed by atoms with Gasteiger partial charge in [0.05, 0.1) is 12.3 Å². The number of unbranched alkanes of at least 4 members (excludes halogenated alkanes) is 15. The fourth-order valence-corrected chi connectivity index (χ4v) is 4.12. The number of benzene rings is 1. The summed E-state index contributed by atoms with van der Waals surface area (Å²) >= 11 is 0. The van der Waals surface area contributed by atoms with E-state index in [-0.39, 0.29) is 0 Å². The molecular formula is C29H45NO. The molecule has 1 aromatic carbocycles. The van der Waals surface area contributed by atoms with Crippen molar-refractivity contribution in [3.8, 4) is 17.0 Å². The van der Waals surface area contributed by atoms with Gasteiger partial charge in [-0.25, -0.2) is 0 Å². The third-order valence-corrected chi connectivity index (χ3v) is 6.06. The minimum absolute atomic E-state index is 0.810. The van der Waals surface area contributed by atoms with Crippen LogP contribution in [0.25, 0.3) is 11.3 Å². The van der Waals surface area contributed by atoms with Crippen molar-refractivity contribution in [1.29, 1.82) is 0 Å². The minimum Gasteiger partial charge on any atom is -0.494 e. The van der Waals surface area contributed by atoms with Gasteiger partial charge in [0.25, 0.3) is 0 Å². The van der Waals surface area contributed by atoms with Crippen molar-refractivity contribution >= 4 is 0 Å². The SMILES string of the molecule is CCCCCCCCCCCCCCCCCCOc1cccc(-c2ccccn2)c1. The summed E-state index contributed by atoms with van der Waals surface area (Å²) < 4.78 is 5.96. The molecule has 31 heavy (non-hydrogen) atoms. The summed E-state index contributed by atoms with van der Waals surface area (Å²) in [4.78, 5) is 4.42. The summed E-state index contributed by atoms with van der Waals surface area (Å²) in [6.07, 6.45) is 24.2. The maximum atomic E-state index is 5.96. The van der Waals surface area contributed by atoms with Crippen molar-refractivity contribution in [2.24, 2.45) is 0 Å². The van der Waals surface area contributed by atoms with E-state index in [1.54, 1.807) is 0 Å². The summed E-state index contributed by atoms with van der Waals surface area (Å²) in [5.74, 6) is 0.948. The summed E-state index contributed by atoms with van der Waals surface area (Å²) in [6, 6.07) is 14.3. The number of hydrogen-bond donors (Lipinski definition) is 0. The van der Waals surface area contributed by atoms with Gasteiger partial charge >= 0.3 is 0 Å². The molecule has 2 nitrogen and oxygen atoms in total. The van der Waals surface area contributed by atoms with Gasteiger partial charge in [-0.2, -0.15) is 0 Å². The molecular weight excluding hydrogens is 378 g/mol. The van der Waals surface area contributed by atoms with Gasteiger partial charge in [-0.15, -0.1) is 0 Å². The van der Waals surface area contributed by atoms with Crippen LogP contribution in [-0.4, -0.2) is 11.6 Å². The molecule has 0 spiro atoms. The van der Waals surface area contributed by atoms with Crippen molar-refractivity contribution in [1.82, 2.24) is 4.98 Å². The Bertz CT molecular complexity index is 655. The van der Waals surface area contributed by atoms with E-state index in [4.69, 9.17) is 4.74 Å². The number of hydrogen-bond acceptors (Lipinski definition) is 2. The van der Waals surface area contributed by atoms with E-state index in [0.29, 0.717) is 0 Å². The van der Waals surface area contributed by atoms with Gasteiger partial charge < -0.3 is 4.74 Å². The molecule has 0 saturated heterocycles. The normalized spacial score (nSPS) is 11.0. The van der Waals surface area contributed by atoms with Gasteiger partial charge in [0.2, 0.25) is 0 Å². The smallest absolute Gasteiger partial charge is 0.119 e. The largest absolute Gasteiger partial charge is 0.494 e. The van der Waals surface area contributed by atoms with Gasteiger partial charge in [-0.05, 0) is 30.7 Å². The first-order chi connectivity index (χ1) is 15.4. The zero-order valence-electron chi connectivity index (χ0n) is 20.0. The maximum Gasteiger partial charge on any atom is 0.119 e. The molecule has 2 heteroatoms. The van der Waals surface area contributed by atoms with Crippen molar-refractivity contribution in [2.75, 3.05) is 6.61 Å². The molecule has 0 aliphatic carbocycles. The maximum absolute atomic E-state index is 5.96. The molecule has 172 valence electrons. The number of ether oxygens (including phenoxy) is 1. The van der Waals surface area contributed by atoms with Crippen LogP contribution >= 0.6 is 0 Å². The standard InChI is InChI=1S/C29H45NO/c1-2-3-4-5-6-7-8-9-10-11-12-13-14-15-16-19-25-31-28-22-20-21-27(26-28)29-23-17-18-24-30-29/h17-18,20-24,26H,2-16,19,25H2,1H3. The lowest BCUT2D eigenvalue weighted by atomic mass is 10.0. The molecule has 0 N–H and O–H groups in total. The predicted molar refractivity (Wildman–Crippen MR) is 135 cm³/mol. The fraction of sp³-hybridized carbons (Fsp3) is 0.621. The van der Waals surface area contributed by atoms with Gasteiger partial charge in [0.1, 0.15) is 5.75 Å². The fourth-order valence-electron chi connectivity index (χ4n) is 4.12. The van der Waals surface area contributed by atoms with Crippen LogP contribution in [0.4, 0.5) is 0 Å². The molecule has 2 rings (SSSR count). The van der Waals surface area contributed by atoms with Gasteiger partial charge in [0.15, 0.2) is 0 Å².